The summed E-state index contributed by atoms with van der Waals surface area (Å²) in [7, 11) is 0. The molecule has 0 N–H and O–H groups in total. The first-order valence-corrected chi connectivity index (χ1v) is 12.2. The van der Waals surface area contributed by atoms with E-state index in [1.54, 1.807) is 0 Å². The summed E-state index contributed by atoms with van der Waals surface area (Å²) in [5.74, 6) is 3.66. The van der Waals surface area contributed by atoms with Gasteiger partial charge in [0.2, 0.25) is 0 Å². The molecule has 0 spiro atoms. The maximum Gasteiger partial charge on any atom is 0.0991 e. The maximum atomic E-state index is 7.04. The Hall–Kier alpha value is -0.860. The van der Waals surface area contributed by atoms with Crippen LogP contribution in [0.1, 0.15) is 69.8 Å². The molecule has 28 heavy (non-hydrogen) atoms. The van der Waals surface area contributed by atoms with Crippen molar-refractivity contribution >= 4 is 0 Å². The number of hydrogen-bond donors (Lipinski definition) is 0. The molecular formula is C26H37NO. The van der Waals surface area contributed by atoms with Crippen LogP contribution in [0.15, 0.2) is 30.3 Å². The van der Waals surface area contributed by atoms with Gasteiger partial charge in [-0.2, -0.15) is 0 Å². The van der Waals surface area contributed by atoms with E-state index >= 15 is 0 Å². The Labute approximate surface area is 171 Å². The molecular weight excluding hydrogens is 342 g/mol. The van der Waals surface area contributed by atoms with Crippen LogP contribution in [0.2, 0.25) is 0 Å². The summed E-state index contributed by atoms with van der Waals surface area (Å²) in [6, 6.07) is 11.5. The quantitative estimate of drug-likeness (QED) is 0.673. The van der Waals surface area contributed by atoms with E-state index in [-0.39, 0.29) is 5.60 Å². The second-order valence-electron chi connectivity index (χ2n) is 11.1. The summed E-state index contributed by atoms with van der Waals surface area (Å²) < 4.78 is 7.04. The third-order valence-corrected chi connectivity index (χ3v) is 9.24. The first-order valence-electron chi connectivity index (χ1n) is 12.2. The molecule has 2 aliphatic heterocycles. The fourth-order valence-corrected chi connectivity index (χ4v) is 8.60. The summed E-state index contributed by atoms with van der Waals surface area (Å²) in [5.41, 5.74) is 1.91. The van der Waals surface area contributed by atoms with E-state index < -0.39 is 0 Å². The largest absolute Gasteiger partial charge is 0.369 e. The topological polar surface area (TPSA) is 12.5 Å². The van der Waals surface area contributed by atoms with Crippen molar-refractivity contribution in [1.29, 1.82) is 0 Å². The van der Waals surface area contributed by atoms with Crippen LogP contribution in [-0.4, -0.2) is 31.1 Å². The van der Waals surface area contributed by atoms with Gasteiger partial charge in [-0.25, -0.2) is 0 Å². The Bertz CT molecular complexity index is 658. The average molecular weight is 380 g/mol. The average Bonchev–Trinajstić information content (AvgIpc) is 3.14. The summed E-state index contributed by atoms with van der Waals surface area (Å²) >= 11 is 0. The van der Waals surface area contributed by atoms with Crippen molar-refractivity contribution < 1.29 is 4.74 Å². The monoisotopic (exact) mass is 379 g/mol. The molecule has 6 fully saturated rings. The highest BCUT2D eigenvalue weighted by Gasteiger charge is 2.63. The molecule has 2 atom stereocenters. The van der Waals surface area contributed by atoms with Crippen LogP contribution in [0.25, 0.3) is 0 Å². The normalized spacial score (nSPS) is 45.6. The number of hydrogen-bond acceptors (Lipinski definition) is 2. The molecule has 7 rings (SSSR count). The van der Waals surface area contributed by atoms with Crippen LogP contribution in [0, 0.1) is 29.1 Å². The summed E-state index contributed by atoms with van der Waals surface area (Å²) in [5, 5.41) is 0. The lowest BCUT2D eigenvalue weighted by atomic mass is 9.44. The van der Waals surface area contributed by atoms with E-state index in [1.165, 1.54) is 89.4 Å². The molecule has 2 heteroatoms. The number of likely N-dealkylation sites (tertiary alicyclic amines) is 1. The van der Waals surface area contributed by atoms with Gasteiger partial charge in [-0.15, -0.1) is 0 Å². The zero-order chi connectivity index (χ0) is 18.6. The second-order valence-corrected chi connectivity index (χ2v) is 11.1. The fourth-order valence-electron chi connectivity index (χ4n) is 8.60. The molecule has 0 amide bonds. The van der Waals surface area contributed by atoms with Crippen LogP contribution in [-0.2, 0) is 10.3 Å². The van der Waals surface area contributed by atoms with Gasteiger partial charge < -0.3 is 9.64 Å². The van der Waals surface area contributed by atoms with Crippen molar-refractivity contribution in [2.24, 2.45) is 29.1 Å². The van der Waals surface area contributed by atoms with Gasteiger partial charge in [-0.3, -0.25) is 0 Å². The van der Waals surface area contributed by atoms with Gasteiger partial charge in [0, 0.05) is 12.0 Å². The molecule has 6 aliphatic rings. The van der Waals surface area contributed by atoms with Crippen LogP contribution < -0.4 is 0 Å². The Morgan fingerprint density at radius 2 is 1.46 bits per heavy atom. The van der Waals surface area contributed by atoms with Crippen LogP contribution >= 0.6 is 0 Å². The highest BCUT2D eigenvalue weighted by Crippen LogP contribution is 2.69. The zero-order valence-electron chi connectivity index (χ0n) is 17.5. The van der Waals surface area contributed by atoms with Gasteiger partial charge >= 0.3 is 0 Å². The third kappa shape index (κ3) is 2.82. The van der Waals surface area contributed by atoms with Gasteiger partial charge in [0.25, 0.3) is 0 Å². The van der Waals surface area contributed by atoms with Crippen LogP contribution in [0.3, 0.4) is 0 Å². The molecule has 2 heterocycles. The summed E-state index contributed by atoms with van der Waals surface area (Å²) in [6.07, 6.45) is 14.3. The lowest BCUT2D eigenvalue weighted by Gasteiger charge is -2.62. The van der Waals surface area contributed by atoms with Crippen molar-refractivity contribution in [3.05, 3.63) is 35.9 Å². The number of rotatable bonds is 4. The lowest BCUT2D eigenvalue weighted by molar-refractivity contribution is -0.190. The molecule has 152 valence electrons. The highest BCUT2D eigenvalue weighted by atomic mass is 16.5. The zero-order valence-corrected chi connectivity index (χ0v) is 17.5. The van der Waals surface area contributed by atoms with Crippen molar-refractivity contribution in [3.8, 4) is 0 Å². The summed E-state index contributed by atoms with van der Waals surface area (Å²) in [4.78, 5) is 2.73. The molecule has 0 aromatic heterocycles. The van der Waals surface area contributed by atoms with Gasteiger partial charge in [-0.05, 0) is 100 Å². The predicted octanol–water partition coefficient (Wildman–Crippen LogP) is 5.62. The standard InChI is InChI=1S/C26H37NO/c1-3-7-24(8-4-1)26(17-23(19-28-26)18-27-9-5-2-6-10-27)25-14-20-11-21(15-25)13-22(12-20)16-25/h1,3-4,7-8,20-23H,2,5-6,9-19H2. The van der Waals surface area contributed by atoms with E-state index in [0.717, 1.165) is 24.4 Å². The number of piperidine rings is 1. The number of ether oxygens (including phenoxy) is 1. The molecule has 4 bridgehead atoms. The molecule has 2 saturated heterocycles. The minimum Gasteiger partial charge on any atom is -0.369 e. The first-order chi connectivity index (χ1) is 13.7. The van der Waals surface area contributed by atoms with Gasteiger partial charge in [0.15, 0.2) is 0 Å². The maximum absolute atomic E-state index is 7.04. The second kappa shape index (κ2) is 6.84. The van der Waals surface area contributed by atoms with Crippen molar-refractivity contribution in [2.75, 3.05) is 26.2 Å². The van der Waals surface area contributed by atoms with E-state index in [9.17, 15) is 0 Å². The SMILES string of the molecule is c1ccc(C2(C34CC5CC(CC(C5)C3)C4)CC(CN3CCCCC3)CO2)cc1. The Morgan fingerprint density at radius 3 is 2.11 bits per heavy atom. The van der Waals surface area contributed by atoms with Crippen molar-refractivity contribution in [1.82, 2.24) is 4.90 Å². The molecule has 2 nitrogen and oxygen atoms in total. The van der Waals surface area contributed by atoms with Crippen LogP contribution in [0.4, 0.5) is 0 Å². The molecule has 2 unspecified atom stereocenters. The highest BCUT2D eigenvalue weighted by molar-refractivity contribution is 5.29. The molecule has 4 saturated carbocycles. The summed E-state index contributed by atoms with van der Waals surface area (Å²) in [6.45, 7) is 4.87. The molecule has 1 aromatic rings. The van der Waals surface area contributed by atoms with Crippen LogP contribution in [0.5, 0.6) is 0 Å². The minimum atomic E-state index is -0.00920. The fraction of sp³-hybridized carbons (Fsp3) is 0.769. The van der Waals surface area contributed by atoms with E-state index in [0.29, 0.717) is 11.3 Å². The lowest BCUT2D eigenvalue weighted by Crippen LogP contribution is -2.56. The molecule has 0 radical (unpaired) electrons. The van der Waals surface area contributed by atoms with Gasteiger partial charge in [0.1, 0.15) is 0 Å². The Balaban J connectivity index is 1.32. The number of nitrogens with zero attached hydrogens (tertiary/aromatic N) is 1. The molecule has 1 aromatic carbocycles. The molecule has 4 aliphatic carbocycles. The van der Waals surface area contributed by atoms with Gasteiger partial charge in [0.05, 0.1) is 12.2 Å². The predicted molar refractivity (Wildman–Crippen MR) is 113 cm³/mol. The third-order valence-electron chi connectivity index (χ3n) is 9.24. The smallest absolute Gasteiger partial charge is 0.0991 e. The van der Waals surface area contributed by atoms with Gasteiger partial charge in [-0.1, -0.05) is 36.8 Å². The van der Waals surface area contributed by atoms with Crippen molar-refractivity contribution in [3.63, 3.8) is 0 Å². The van der Waals surface area contributed by atoms with E-state index in [2.05, 4.69) is 35.2 Å². The van der Waals surface area contributed by atoms with E-state index in [4.69, 9.17) is 4.74 Å². The Kier molecular flexibility index (Phi) is 4.39. The van der Waals surface area contributed by atoms with E-state index in [1.807, 2.05) is 0 Å². The van der Waals surface area contributed by atoms with Crippen molar-refractivity contribution in [2.45, 2.75) is 69.8 Å². The minimum absolute atomic E-state index is 0.00920. The number of benzene rings is 1. The first kappa shape index (κ1) is 18.0. The Morgan fingerprint density at radius 1 is 0.821 bits per heavy atom.